The van der Waals surface area contributed by atoms with Gasteiger partial charge in [0.05, 0.1) is 11.2 Å². The van der Waals surface area contributed by atoms with E-state index in [4.69, 9.17) is 11.6 Å². The van der Waals surface area contributed by atoms with Gasteiger partial charge in [-0.05, 0) is 19.1 Å². The van der Waals surface area contributed by atoms with Gasteiger partial charge in [-0.25, -0.2) is 8.42 Å². The zero-order chi connectivity index (χ0) is 16.5. The molecule has 0 aliphatic rings. The fourth-order valence-corrected chi connectivity index (χ4v) is 3.62. The maximum atomic E-state index is 12.4. The zero-order valence-corrected chi connectivity index (χ0v) is 13.4. The van der Waals surface area contributed by atoms with Crippen molar-refractivity contribution in [2.24, 2.45) is 7.05 Å². The van der Waals surface area contributed by atoms with Crippen LogP contribution in [0.25, 0.3) is 0 Å². The van der Waals surface area contributed by atoms with E-state index in [0.717, 1.165) is 0 Å². The molecule has 0 aliphatic carbocycles. The van der Waals surface area contributed by atoms with Crippen molar-refractivity contribution in [1.82, 2.24) is 14.5 Å². The number of carboxylic acids is 1. The Morgan fingerprint density at radius 3 is 2.55 bits per heavy atom. The van der Waals surface area contributed by atoms with E-state index in [1.54, 1.807) is 20.0 Å². The van der Waals surface area contributed by atoms with Gasteiger partial charge >= 0.3 is 5.97 Å². The van der Waals surface area contributed by atoms with E-state index in [2.05, 4.69) is 9.82 Å². The topological polar surface area (TPSA) is 101 Å². The van der Waals surface area contributed by atoms with E-state index in [1.165, 1.54) is 29.1 Å². The van der Waals surface area contributed by atoms with Gasteiger partial charge in [0.2, 0.25) is 10.0 Å². The molecule has 1 aromatic carbocycles. The summed E-state index contributed by atoms with van der Waals surface area (Å²) in [5.74, 6) is -1.33. The van der Waals surface area contributed by atoms with E-state index in [9.17, 15) is 18.3 Å². The summed E-state index contributed by atoms with van der Waals surface area (Å²) >= 11 is 5.87. The minimum absolute atomic E-state index is 0.0158. The third-order valence-electron chi connectivity index (χ3n) is 3.23. The molecule has 1 atom stereocenters. The SMILES string of the molecule is Cc1c(C(NS(=O)(=O)c2ccccc2Cl)C(=O)O)cnn1C. The summed E-state index contributed by atoms with van der Waals surface area (Å²) in [6.07, 6.45) is 1.32. The number of carboxylic acid groups (broad SMARTS) is 1. The monoisotopic (exact) mass is 343 g/mol. The molecule has 118 valence electrons. The van der Waals surface area contributed by atoms with Crippen LogP contribution >= 0.6 is 11.6 Å². The van der Waals surface area contributed by atoms with Gasteiger partial charge in [0, 0.05) is 18.3 Å². The molecule has 2 aromatic rings. The number of carbonyl (C=O) groups is 1. The van der Waals surface area contributed by atoms with Gasteiger partial charge in [0.25, 0.3) is 0 Å². The molecule has 0 spiro atoms. The summed E-state index contributed by atoms with van der Waals surface area (Å²) in [7, 11) is -2.45. The molecule has 0 radical (unpaired) electrons. The standard InChI is InChI=1S/C13H14ClN3O4S/c1-8-9(7-15-17(8)2)12(13(18)19)16-22(20,21)11-6-4-3-5-10(11)14/h3-7,12,16H,1-2H3,(H,18,19). The van der Waals surface area contributed by atoms with E-state index in [0.29, 0.717) is 5.69 Å². The molecular weight excluding hydrogens is 330 g/mol. The van der Waals surface area contributed by atoms with E-state index in [1.807, 2.05) is 0 Å². The second-order valence-electron chi connectivity index (χ2n) is 4.63. The molecule has 0 saturated carbocycles. The number of benzene rings is 1. The lowest BCUT2D eigenvalue weighted by Gasteiger charge is -2.15. The third kappa shape index (κ3) is 3.13. The lowest BCUT2D eigenvalue weighted by Crippen LogP contribution is -2.34. The molecule has 1 heterocycles. The highest BCUT2D eigenvalue weighted by molar-refractivity contribution is 7.89. The molecular formula is C13H14ClN3O4S. The van der Waals surface area contributed by atoms with Crippen LogP contribution in [0.1, 0.15) is 17.3 Å². The van der Waals surface area contributed by atoms with Crippen LogP contribution < -0.4 is 4.72 Å². The molecule has 1 unspecified atom stereocenters. The first kappa shape index (κ1) is 16.5. The molecule has 0 bridgehead atoms. The van der Waals surface area contributed by atoms with Crippen molar-refractivity contribution in [2.75, 3.05) is 0 Å². The Bertz CT molecular complexity index is 816. The summed E-state index contributed by atoms with van der Waals surface area (Å²) < 4.78 is 28.4. The number of aromatic nitrogens is 2. The fourth-order valence-electron chi connectivity index (χ4n) is 1.93. The summed E-state index contributed by atoms with van der Waals surface area (Å²) in [5, 5.41) is 13.3. The van der Waals surface area contributed by atoms with Crippen molar-refractivity contribution in [3.63, 3.8) is 0 Å². The van der Waals surface area contributed by atoms with Crippen molar-refractivity contribution >= 4 is 27.6 Å². The Morgan fingerprint density at radius 2 is 2.05 bits per heavy atom. The number of aliphatic carboxylic acids is 1. The normalized spacial score (nSPS) is 13.0. The van der Waals surface area contributed by atoms with Crippen LogP contribution in [0.5, 0.6) is 0 Å². The molecule has 22 heavy (non-hydrogen) atoms. The zero-order valence-electron chi connectivity index (χ0n) is 11.8. The molecule has 0 amide bonds. The summed E-state index contributed by atoms with van der Waals surface area (Å²) in [4.78, 5) is 11.3. The first-order chi connectivity index (χ1) is 10.2. The largest absolute Gasteiger partial charge is 0.480 e. The Labute approximate surface area is 132 Å². The number of nitrogens with one attached hydrogen (secondary N) is 1. The number of sulfonamides is 1. The Balaban J connectivity index is 2.43. The van der Waals surface area contributed by atoms with Crippen LogP contribution in [0.3, 0.4) is 0 Å². The summed E-state index contributed by atoms with van der Waals surface area (Å²) in [6.45, 7) is 1.65. The lowest BCUT2D eigenvalue weighted by molar-refractivity contribution is -0.139. The van der Waals surface area contributed by atoms with Gasteiger partial charge < -0.3 is 5.11 Å². The molecule has 9 heteroatoms. The second-order valence-corrected chi connectivity index (χ2v) is 6.72. The quantitative estimate of drug-likeness (QED) is 0.856. The highest BCUT2D eigenvalue weighted by atomic mass is 35.5. The average molecular weight is 344 g/mol. The molecule has 1 aromatic heterocycles. The van der Waals surface area contributed by atoms with Crippen LogP contribution in [0.4, 0.5) is 0 Å². The minimum atomic E-state index is -4.09. The van der Waals surface area contributed by atoms with Crippen LogP contribution in [-0.4, -0.2) is 29.3 Å². The predicted octanol–water partition coefficient (Wildman–Crippen LogP) is 1.49. The Hall–Kier alpha value is -1.90. The Kier molecular flexibility index (Phi) is 4.55. The number of halogens is 1. The van der Waals surface area contributed by atoms with Gasteiger partial charge in [-0.1, -0.05) is 23.7 Å². The van der Waals surface area contributed by atoms with Crippen molar-refractivity contribution in [2.45, 2.75) is 17.9 Å². The van der Waals surface area contributed by atoms with Gasteiger partial charge in [-0.15, -0.1) is 0 Å². The number of nitrogens with zero attached hydrogens (tertiary/aromatic N) is 2. The smallest absolute Gasteiger partial charge is 0.326 e. The van der Waals surface area contributed by atoms with E-state index in [-0.39, 0.29) is 15.5 Å². The van der Waals surface area contributed by atoms with Crippen LogP contribution in [-0.2, 0) is 21.9 Å². The number of rotatable bonds is 5. The number of aryl methyl sites for hydroxylation is 1. The number of hydrogen-bond acceptors (Lipinski definition) is 4. The van der Waals surface area contributed by atoms with Gasteiger partial charge in [-0.3, -0.25) is 9.48 Å². The highest BCUT2D eigenvalue weighted by Crippen LogP contribution is 2.24. The molecule has 0 fully saturated rings. The molecule has 0 aliphatic heterocycles. The maximum Gasteiger partial charge on any atom is 0.326 e. The van der Waals surface area contributed by atoms with Crippen molar-refractivity contribution < 1.29 is 18.3 Å². The average Bonchev–Trinajstić information content (AvgIpc) is 2.76. The molecule has 7 nitrogen and oxygen atoms in total. The second kappa shape index (κ2) is 6.07. The van der Waals surface area contributed by atoms with Crippen LogP contribution in [0.15, 0.2) is 35.4 Å². The minimum Gasteiger partial charge on any atom is -0.480 e. The summed E-state index contributed by atoms with van der Waals surface area (Å²) in [6, 6.07) is 4.36. The van der Waals surface area contributed by atoms with E-state index >= 15 is 0 Å². The van der Waals surface area contributed by atoms with Crippen molar-refractivity contribution in [1.29, 1.82) is 0 Å². The predicted molar refractivity (Wildman–Crippen MR) is 80.1 cm³/mol. The first-order valence-electron chi connectivity index (χ1n) is 6.22. The molecule has 2 rings (SSSR count). The third-order valence-corrected chi connectivity index (χ3v) is 5.15. The van der Waals surface area contributed by atoms with E-state index < -0.39 is 22.0 Å². The maximum absolute atomic E-state index is 12.4. The van der Waals surface area contributed by atoms with Gasteiger partial charge in [0.15, 0.2) is 0 Å². The van der Waals surface area contributed by atoms with Gasteiger partial charge in [-0.2, -0.15) is 9.82 Å². The van der Waals surface area contributed by atoms with Crippen molar-refractivity contribution in [3.05, 3.63) is 46.7 Å². The Morgan fingerprint density at radius 1 is 1.41 bits per heavy atom. The molecule has 2 N–H and O–H groups in total. The first-order valence-corrected chi connectivity index (χ1v) is 8.08. The fraction of sp³-hybridized carbons (Fsp3) is 0.231. The van der Waals surface area contributed by atoms with Crippen molar-refractivity contribution in [3.8, 4) is 0 Å². The highest BCUT2D eigenvalue weighted by Gasteiger charge is 2.30. The molecule has 0 saturated heterocycles. The number of hydrogen-bond donors (Lipinski definition) is 2. The van der Waals surface area contributed by atoms with Crippen LogP contribution in [0.2, 0.25) is 5.02 Å². The lowest BCUT2D eigenvalue weighted by atomic mass is 10.1. The van der Waals surface area contributed by atoms with Crippen LogP contribution in [0, 0.1) is 6.92 Å². The summed E-state index contributed by atoms with van der Waals surface area (Å²) in [5.41, 5.74) is 0.819. The van der Waals surface area contributed by atoms with Gasteiger partial charge in [0.1, 0.15) is 10.9 Å².